The minimum absolute atomic E-state index is 0.0387. The first-order chi connectivity index (χ1) is 11.7. The van der Waals surface area contributed by atoms with Crippen LogP contribution in [0.4, 0.5) is 5.82 Å². The van der Waals surface area contributed by atoms with Gasteiger partial charge >= 0.3 is 0 Å². The summed E-state index contributed by atoms with van der Waals surface area (Å²) in [5.74, 6) is 0.0135. The number of nitrogens with zero attached hydrogens (tertiary/aromatic N) is 5. The Morgan fingerprint density at radius 3 is 3.00 bits per heavy atom. The van der Waals surface area contributed by atoms with E-state index in [1.807, 2.05) is 32.2 Å². The number of aromatic amines is 1. The molecule has 0 radical (unpaired) electrons. The summed E-state index contributed by atoms with van der Waals surface area (Å²) in [4.78, 5) is 4.63. The zero-order valence-electron chi connectivity index (χ0n) is 13.2. The topological polar surface area (TPSA) is 116 Å². The maximum absolute atomic E-state index is 9.87. The van der Waals surface area contributed by atoms with Gasteiger partial charge in [-0.05, 0) is 35.9 Å². The molecule has 120 valence electrons. The molecule has 1 aliphatic rings. The van der Waals surface area contributed by atoms with Crippen LogP contribution < -0.4 is 5.32 Å². The molecule has 3 aromatic rings. The van der Waals surface area contributed by atoms with Crippen molar-refractivity contribution in [1.82, 2.24) is 25.8 Å². The second kappa shape index (κ2) is 5.54. The molecule has 3 heterocycles. The summed E-state index contributed by atoms with van der Waals surface area (Å²) in [7, 11) is 1.85. The van der Waals surface area contributed by atoms with E-state index >= 15 is 0 Å². The lowest BCUT2D eigenvalue weighted by molar-refractivity contribution is 0.315. The van der Waals surface area contributed by atoms with Gasteiger partial charge in [0.05, 0.1) is 23.9 Å². The standard InChI is InChI=1S/C16H15N7O/c1-8(18-2)14-10(6-17)13(11-7-19-21-16(11)20-14)9-4-3-5-12-15(9)23-24-22-12/h3-5,7-8,10,13,18H,1-2H3,(H,19,21). The first-order valence-electron chi connectivity index (χ1n) is 7.64. The summed E-state index contributed by atoms with van der Waals surface area (Å²) in [5.41, 5.74) is 3.87. The molecule has 24 heavy (non-hydrogen) atoms. The van der Waals surface area contributed by atoms with Gasteiger partial charge in [-0.15, -0.1) is 0 Å². The third kappa shape index (κ3) is 2.02. The number of benzene rings is 1. The van der Waals surface area contributed by atoms with Crippen molar-refractivity contribution in [2.75, 3.05) is 7.05 Å². The van der Waals surface area contributed by atoms with Crippen LogP contribution in [0.3, 0.4) is 0 Å². The van der Waals surface area contributed by atoms with Crippen molar-refractivity contribution in [3.05, 3.63) is 35.5 Å². The van der Waals surface area contributed by atoms with Crippen molar-refractivity contribution in [1.29, 1.82) is 5.26 Å². The molecule has 8 nitrogen and oxygen atoms in total. The highest BCUT2D eigenvalue weighted by Gasteiger charge is 2.38. The second-order valence-corrected chi connectivity index (χ2v) is 5.78. The van der Waals surface area contributed by atoms with Crippen molar-refractivity contribution in [3.8, 4) is 6.07 Å². The quantitative estimate of drug-likeness (QED) is 0.761. The third-order valence-corrected chi connectivity index (χ3v) is 4.54. The van der Waals surface area contributed by atoms with Crippen LogP contribution in [0.2, 0.25) is 0 Å². The van der Waals surface area contributed by atoms with E-state index in [0.29, 0.717) is 16.9 Å². The van der Waals surface area contributed by atoms with E-state index in [4.69, 9.17) is 4.63 Å². The molecule has 0 fully saturated rings. The lowest BCUT2D eigenvalue weighted by atomic mass is 9.76. The van der Waals surface area contributed by atoms with Crippen molar-refractivity contribution in [2.24, 2.45) is 10.9 Å². The van der Waals surface area contributed by atoms with Crippen LogP contribution in [-0.4, -0.2) is 39.3 Å². The molecule has 4 rings (SSSR count). The van der Waals surface area contributed by atoms with E-state index in [2.05, 4.69) is 36.9 Å². The second-order valence-electron chi connectivity index (χ2n) is 5.78. The van der Waals surface area contributed by atoms with Gasteiger partial charge in [-0.25, -0.2) is 9.62 Å². The molecule has 3 atom stereocenters. The molecule has 1 aromatic carbocycles. The smallest absolute Gasteiger partial charge is 0.151 e. The zero-order chi connectivity index (χ0) is 16.7. The monoisotopic (exact) mass is 321 g/mol. The Morgan fingerprint density at radius 1 is 1.33 bits per heavy atom. The molecule has 2 aromatic heterocycles. The molecule has 0 bridgehead atoms. The van der Waals surface area contributed by atoms with E-state index < -0.39 is 5.92 Å². The molecule has 0 saturated carbocycles. The molecule has 0 saturated heterocycles. The van der Waals surface area contributed by atoms with Crippen molar-refractivity contribution >= 4 is 22.6 Å². The lowest BCUT2D eigenvalue weighted by Gasteiger charge is -2.29. The van der Waals surface area contributed by atoms with Crippen LogP contribution in [0.5, 0.6) is 0 Å². The summed E-state index contributed by atoms with van der Waals surface area (Å²) in [6.07, 6.45) is 1.72. The van der Waals surface area contributed by atoms with Crippen LogP contribution in [0, 0.1) is 17.2 Å². The van der Waals surface area contributed by atoms with Crippen molar-refractivity contribution in [2.45, 2.75) is 18.9 Å². The van der Waals surface area contributed by atoms with Crippen LogP contribution >= 0.6 is 0 Å². The SMILES string of the molecule is CNC(C)C1=Nc2[nH]ncc2C(c2cccc3nonc23)C1C#N. The Morgan fingerprint density at radius 2 is 2.21 bits per heavy atom. The van der Waals surface area contributed by atoms with Gasteiger partial charge in [0.1, 0.15) is 11.0 Å². The fourth-order valence-corrected chi connectivity index (χ4v) is 3.23. The van der Waals surface area contributed by atoms with Gasteiger partial charge in [0.25, 0.3) is 0 Å². The summed E-state index contributed by atoms with van der Waals surface area (Å²) in [5, 5.41) is 28.0. The number of rotatable bonds is 3. The van der Waals surface area contributed by atoms with Gasteiger partial charge in [-0.1, -0.05) is 12.1 Å². The first-order valence-corrected chi connectivity index (χ1v) is 7.64. The highest BCUT2D eigenvalue weighted by atomic mass is 16.6. The number of hydrogen-bond donors (Lipinski definition) is 2. The Kier molecular flexibility index (Phi) is 3.36. The van der Waals surface area contributed by atoms with E-state index in [1.165, 1.54) is 0 Å². The molecule has 0 aliphatic carbocycles. The van der Waals surface area contributed by atoms with Crippen molar-refractivity contribution in [3.63, 3.8) is 0 Å². The van der Waals surface area contributed by atoms with E-state index in [-0.39, 0.29) is 12.0 Å². The maximum atomic E-state index is 9.87. The predicted octanol–water partition coefficient (Wildman–Crippen LogP) is 1.91. The Bertz CT molecular complexity index is 964. The molecule has 3 unspecified atom stereocenters. The Hall–Kier alpha value is -3.05. The molecular weight excluding hydrogens is 306 g/mol. The predicted molar refractivity (Wildman–Crippen MR) is 87.0 cm³/mol. The molecule has 1 aliphatic heterocycles. The highest BCUT2D eigenvalue weighted by Crippen LogP contribution is 2.43. The third-order valence-electron chi connectivity index (χ3n) is 4.54. The van der Waals surface area contributed by atoms with Crippen LogP contribution in [-0.2, 0) is 0 Å². The van der Waals surface area contributed by atoms with Crippen LogP contribution in [0.25, 0.3) is 11.0 Å². The van der Waals surface area contributed by atoms with E-state index in [0.717, 1.165) is 16.8 Å². The number of aliphatic imine (C=N–C) groups is 1. The molecule has 8 heteroatoms. The van der Waals surface area contributed by atoms with E-state index in [1.54, 1.807) is 6.20 Å². The summed E-state index contributed by atoms with van der Waals surface area (Å²) in [6, 6.07) is 8.05. The fourth-order valence-electron chi connectivity index (χ4n) is 3.23. The molecule has 0 spiro atoms. The Balaban J connectivity index is 1.95. The van der Waals surface area contributed by atoms with Gasteiger partial charge < -0.3 is 5.32 Å². The number of H-pyrrole nitrogens is 1. The van der Waals surface area contributed by atoms with Gasteiger partial charge in [0.2, 0.25) is 0 Å². The zero-order valence-corrected chi connectivity index (χ0v) is 13.2. The normalized spacial score (nSPS) is 21.1. The fraction of sp³-hybridized carbons (Fsp3) is 0.312. The van der Waals surface area contributed by atoms with Gasteiger partial charge in [-0.2, -0.15) is 10.4 Å². The Labute approximate surface area is 137 Å². The minimum atomic E-state index is -0.431. The first kappa shape index (κ1) is 14.5. The number of nitriles is 1. The number of nitrogens with one attached hydrogen (secondary N) is 2. The van der Waals surface area contributed by atoms with Crippen molar-refractivity contribution < 1.29 is 4.63 Å². The molecule has 2 N–H and O–H groups in total. The van der Waals surface area contributed by atoms with Crippen LogP contribution in [0.15, 0.2) is 34.0 Å². The average molecular weight is 321 g/mol. The number of aromatic nitrogens is 4. The van der Waals surface area contributed by atoms with Gasteiger partial charge in [0, 0.05) is 17.5 Å². The maximum Gasteiger partial charge on any atom is 0.151 e. The molecule has 0 amide bonds. The molecular formula is C16H15N7O. The minimum Gasteiger partial charge on any atom is -0.312 e. The highest BCUT2D eigenvalue weighted by molar-refractivity contribution is 5.98. The van der Waals surface area contributed by atoms with Gasteiger partial charge in [0.15, 0.2) is 5.82 Å². The van der Waals surface area contributed by atoms with Crippen LogP contribution in [0.1, 0.15) is 24.0 Å². The van der Waals surface area contributed by atoms with E-state index in [9.17, 15) is 5.26 Å². The summed E-state index contributed by atoms with van der Waals surface area (Å²) in [6.45, 7) is 1.99. The summed E-state index contributed by atoms with van der Waals surface area (Å²) >= 11 is 0. The lowest BCUT2D eigenvalue weighted by Crippen LogP contribution is -2.39. The number of fused-ring (bicyclic) bond motifs is 2. The van der Waals surface area contributed by atoms with Gasteiger partial charge in [-0.3, -0.25) is 5.10 Å². The largest absolute Gasteiger partial charge is 0.312 e. The number of hydrogen-bond acceptors (Lipinski definition) is 7. The summed E-state index contributed by atoms with van der Waals surface area (Å²) < 4.78 is 4.88. The average Bonchev–Trinajstić information content (AvgIpc) is 3.27.